The fourth-order valence-corrected chi connectivity index (χ4v) is 3.60. The van der Waals surface area contributed by atoms with E-state index in [0.717, 1.165) is 38.0 Å². The van der Waals surface area contributed by atoms with Gasteiger partial charge in [0.2, 0.25) is 5.78 Å². The molecule has 3 heteroatoms. The van der Waals surface area contributed by atoms with Crippen molar-refractivity contribution in [1.29, 1.82) is 0 Å². The predicted octanol–water partition coefficient (Wildman–Crippen LogP) is 3.66. The fraction of sp³-hybridized carbons (Fsp3) is 0.286. The zero-order valence-corrected chi connectivity index (χ0v) is 13.7. The van der Waals surface area contributed by atoms with Crippen molar-refractivity contribution in [1.82, 2.24) is 4.90 Å². The van der Waals surface area contributed by atoms with Crippen LogP contribution in [-0.2, 0) is 16.1 Å². The average molecular weight is 319 g/mol. The van der Waals surface area contributed by atoms with Crippen LogP contribution in [0, 0.1) is 0 Å². The van der Waals surface area contributed by atoms with Crippen LogP contribution in [0.25, 0.3) is 5.57 Å². The summed E-state index contributed by atoms with van der Waals surface area (Å²) in [6.07, 6.45) is 3.18. The molecule has 0 atom stereocenters. The van der Waals surface area contributed by atoms with Crippen LogP contribution in [-0.4, -0.2) is 29.4 Å². The van der Waals surface area contributed by atoms with E-state index in [1.165, 1.54) is 5.56 Å². The molecule has 4 rings (SSSR count). The Bertz CT molecular complexity index is 744. The number of ketones is 1. The molecule has 0 amide bonds. The molecular weight excluding hydrogens is 298 g/mol. The van der Waals surface area contributed by atoms with Crippen LogP contribution in [0.3, 0.4) is 0 Å². The fourth-order valence-electron chi connectivity index (χ4n) is 3.60. The van der Waals surface area contributed by atoms with Crippen molar-refractivity contribution < 1.29 is 9.53 Å². The van der Waals surface area contributed by atoms with Gasteiger partial charge < -0.3 is 4.74 Å². The van der Waals surface area contributed by atoms with E-state index in [0.29, 0.717) is 5.57 Å². The second kappa shape index (κ2) is 6.25. The summed E-state index contributed by atoms with van der Waals surface area (Å²) in [6, 6.07) is 20.3. The molecule has 24 heavy (non-hydrogen) atoms. The van der Waals surface area contributed by atoms with Crippen molar-refractivity contribution in [2.45, 2.75) is 25.0 Å². The highest BCUT2D eigenvalue weighted by molar-refractivity contribution is 6.26. The summed E-state index contributed by atoms with van der Waals surface area (Å²) in [7, 11) is 0. The molecule has 1 saturated heterocycles. The van der Waals surface area contributed by atoms with Gasteiger partial charge in [-0.3, -0.25) is 9.69 Å². The van der Waals surface area contributed by atoms with E-state index >= 15 is 0 Å². The highest BCUT2D eigenvalue weighted by Crippen LogP contribution is 2.38. The van der Waals surface area contributed by atoms with Gasteiger partial charge >= 0.3 is 0 Å². The Labute approximate surface area is 142 Å². The lowest BCUT2D eigenvalue weighted by molar-refractivity contribution is -0.133. The van der Waals surface area contributed by atoms with Gasteiger partial charge in [-0.15, -0.1) is 0 Å². The lowest BCUT2D eigenvalue weighted by Gasteiger charge is -2.37. The predicted molar refractivity (Wildman–Crippen MR) is 94.2 cm³/mol. The molecule has 2 aliphatic heterocycles. The number of benzene rings is 2. The third-order valence-corrected chi connectivity index (χ3v) is 5.06. The van der Waals surface area contributed by atoms with Gasteiger partial charge in [-0.05, 0) is 11.1 Å². The Morgan fingerprint density at radius 1 is 0.917 bits per heavy atom. The van der Waals surface area contributed by atoms with Crippen LogP contribution >= 0.6 is 0 Å². The molecule has 0 aromatic heterocycles. The van der Waals surface area contributed by atoms with Crippen LogP contribution in [0.15, 0.2) is 66.9 Å². The Hall–Kier alpha value is -2.39. The van der Waals surface area contributed by atoms with Crippen molar-refractivity contribution >= 4 is 11.4 Å². The topological polar surface area (TPSA) is 29.5 Å². The zero-order valence-electron chi connectivity index (χ0n) is 13.7. The van der Waals surface area contributed by atoms with E-state index in [1.54, 1.807) is 6.26 Å². The Morgan fingerprint density at radius 3 is 2.21 bits per heavy atom. The Balaban J connectivity index is 1.42. The van der Waals surface area contributed by atoms with Crippen LogP contribution in [0.5, 0.6) is 0 Å². The summed E-state index contributed by atoms with van der Waals surface area (Å²) in [5.74, 6) is 0.146. The number of rotatable bonds is 3. The summed E-state index contributed by atoms with van der Waals surface area (Å²) in [5.41, 5.74) is 2.34. The first kappa shape index (κ1) is 15.2. The summed E-state index contributed by atoms with van der Waals surface area (Å²) in [5, 5.41) is 0. The second-order valence-corrected chi connectivity index (χ2v) is 6.60. The largest absolute Gasteiger partial charge is 0.486 e. The standard InChI is InChI=1S/C21H21NO2/c23-20-19(18-9-5-2-6-10-18)16-24-21(20)11-13-22(14-12-21)15-17-7-3-1-4-8-17/h1-10,16H,11-15H2. The maximum Gasteiger partial charge on any atom is 0.210 e. The Morgan fingerprint density at radius 2 is 1.54 bits per heavy atom. The summed E-state index contributed by atoms with van der Waals surface area (Å²) >= 11 is 0. The van der Waals surface area contributed by atoms with Gasteiger partial charge in [0.1, 0.15) is 0 Å². The lowest BCUT2D eigenvalue weighted by Crippen LogP contribution is -2.48. The number of hydrogen-bond acceptors (Lipinski definition) is 3. The first-order valence-electron chi connectivity index (χ1n) is 8.51. The molecule has 2 heterocycles. The van der Waals surface area contributed by atoms with Gasteiger partial charge in [-0.25, -0.2) is 0 Å². The third-order valence-electron chi connectivity index (χ3n) is 5.06. The van der Waals surface area contributed by atoms with Crippen LogP contribution < -0.4 is 0 Å². The van der Waals surface area contributed by atoms with Crippen molar-refractivity contribution in [3.8, 4) is 0 Å². The molecule has 1 spiro atoms. The number of carbonyl (C=O) groups is 1. The molecule has 122 valence electrons. The normalized spacial score (nSPS) is 20.0. The quantitative estimate of drug-likeness (QED) is 0.864. The summed E-state index contributed by atoms with van der Waals surface area (Å²) in [4.78, 5) is 15.3. The number of likely N-dealkylation sites (tertiary alicyclic amines) is 1. The second-order valence-electron chi connectivity index (χ2n) is 6.60. The molecule has 2 aromatic carbocycles. The monoisotopic (exact) mass is 319 g/mol. The molecule has 0 unspecified atom stereocenters. The molecule has 0 bridgehead atoms. The molecule has 0 aliphatic carbocycles. The van der Waals surface area contributed by atoms with Gasteiger partial charge in [0.25, 0.3) is 0 Å². The minimum atomic E-state index is -0.641. The van der Waals surface area contributed by atoms with Gasteiger partial charge in [0, 0.05) is 32.5 Å². The number of hydrogen-bond donors (Lipinski definition) is 0. The van der Waals surface area contributed by atoms with E-state index < -0.39 is 5.60 Å². The zero-order chi connectivity index (χ0) is 16.4. The van der Waals surface area contributed by atoms with Crippen molar-refractivity contribution in [3.63, 3.8) is 0 Å². The highest BCUT2D eigenvalue weighted by atomic mass is 16.5. The first-order valence-corrected chi connectivity index (χ1v) is 8.51. The molecule has 0 N–H and O–H groups in total. The minimum Gasteiger partial charge on any atom is -0.486 e. The molecule has 0 saturated carbocycles. The first-order chi connectivity index (χ1) is 11.8. The molecule has 3 nitrogen and oxygen atoms in total. The number of piperidine rings is 1. The third kappa shape index (κ3) is 2.76. The van der Waals surface area contributed by atoms with Crippen LogP contribution in [0.2, 0.25) is 0 Å². The van der Waals surface area contributed by atoms with Crippen LogP contribution in [0.4, 0.5) is 0 Å². The lowest BCUT2D eigenvalue weighted by atomic mass is 9.84. The maximum absolute atomic E-state index is 12.9. The number of carbonyl (C=O) groups excluding carboxylic acids is 1. The average Bonchev–Trinajstić information content (AvgIpc) is 2.95. The smallest absolute Gasteiger partial charge is 0.210 e. The number of Topliss-reactive ketones (excluding diaryl/α,β-unsaturated/α-hetero) is 1. The van der Waals surface area contributed by atoms with Gasteiger partial charge in [0.05, 0.1) is 11.8 Å². The molecule has 0 radical (unpaired) electrons. The minimum absolute atomic E-state index is 0.146. The maximum atomic E-state index is 12.9. The van der Waals surface area contributed by atoms with Gasteiger partial charge in [0.15, 0.2) is 5.60 Å². The summed E-state index contributed by atoms with van der Waals surface area (Å²) in [6.45, 7) is 2.71. The SMILES string of the molecule is O=C1C(c2ccccc2)=COC12CCN(Cc1ccccc1)CC2. The van der Waals surface area contributed by atoms with E-state index in [-0.39, 0.29) is 5.78 Å². The Kier molecular flexibility index (Phi) is 3.95. The molecule has 2 aliphatic rings. The number of ether oxygens (including phenoxy) is 1. The van der Waals surface area contributed by atoms with Gasteiger partial charge in [-0.2, -0.15) is 0 Å². The van der Waals surface area contributed by atoms with E-state index in [4.69, 9.17) is 4.74 Å². The van der Waals surface area contributed by atoms with E-state index in [9.17, 15) is 4.79 Å². The van der Waals surface area contributed by atoms with Crippen LogP contribution in [0.1, 0.15) is 24.0 Å². The number of nitrogens with zero attached hydrogens (tertiary/aromatic N) is 1. The van der Waals surface area contributed by atoms with E-state index in [1.807, 2.05) is 36.4 Å². The summed E-state index contributed by atoms with van der Waals surface area (Å²) < 4.78 is 5.92. The van der Waals surface area contributed by atoms with Crippen molar-refractivity contribution in [2.75, 3.05) is 13.1 Å². The van der Waals surface area contributed by atoms with Crippen molar-refractivity contribution in [2.24, 2.45) is 0 Å². The van der Waals surface area contributed by atoms with E-state index in [2.05, 4.69) is 29.2 Å². The molecular formula is C21H21NO2. The molecule has 2 aromatic rings. The highest BCUT2D eigenvalue weighted by Gasteiger charge is 2.47. The molecule has 1 fully saturated rings. The van der Waals surface area contributed by atoms with Gasteiger partial charge in [-0.1, -0.05) is 60.7 Å². The van der Waals surface area contributed by atoms with Crippen molar-refractivity contribution in [3.05, 3.63) is 78.1 Å².